The summed E-state index contributed by atoms with van der Waals surface area (Å²) in [7, 11) is -0.651. The lowest BCUT2D eigenvalue weighted by atomic mass is 9.77. The average molecular weight is 396 g/mol. The molecule has 0 aromatic heterocycles. The molecule has 0 atom stereocenters. The van der Waals surface area contributed by atoms with E-state index in [-0.39, 0.29) is 11.4 Å². The molecule has 7 nitrogen and oxygen atoms in total. The van der Waals surface area contributed by atoms with Gasteiger partial charge in [0.05, 0.1) is 16.8 Å². The van der Waals surface area contributed by atoms with E-state index in [2.05, 4.69) is 4.36 Å². The predicted octanol–water partition coefficient (Wildman–Crippen LogP) is 2.79. The normalized spacial score (nSPS) is 19.2. The van der Waals surface area contributed by atoms with E-state index in [1.807, 2.05) is 27.7 Å². The number of rotatable bonds is 6. The Balaban J connectivity index is 2.30. The molecule has 0 saturated carbocycles. The fourth-order valence-electron chi connectivity index (χ4n) is 2.19. The minimum absolute atomic E-state index is 0.212. The van der Waals surface area contributed by atoms with Crippen molar-refractivity contribution in [3.05, 3.63) is 12.1 Å². The van der Waals surface area contributed by atoms with Crippen molar-refractivity contribution in [3.8, 4) is 5.75 Å². The van der Waals surface area contributed by atoms with Gasteiger partial charge in [0.1, 0.15) is 17.0 Å². The van der Waals surface area contributed by atoms with Gasteiger partial charge in [-0.05, 0) is 61.5 Å². The van der Waals surface area contributed by atoms with Crippen LogP contribution in [0.4, 0.5) is 11.4 Å². The van der Waals surface area contributed by atoms with Crippen LogP contribution < -0.4 is 16.1 Å². The second-order valence-electron chi connectivity index (χ2n) is 8.83. The highest BCUT2D eigenvalue weighted by molar-refractivity contribution is 7.47. The molecule has 27 heavy (non-hydrogen) atoms. The number of nitrogen functional groups attached to an aromatic ring is 1. The maximum atomic E-state index is 10.2. The molecule has 1 aromatic carbocycles. The summed E-state index contributed by atoms with van der Waals surface area (Å²) in [5, 5.41) is 10.2. The SMILES string of the molecule is CC(C)(O)C(C)(C)OOc1ccc(B2OC(C)(C)C(C)(C)O2)c(N=S)c1N. The third kappa shape index (κ3) is 4.12. The lowest BCUT2D eigenvalue weighted by Crippen LogP contribution is -2.48. The van der Waals surface area contributed by atoms with E-state index in [1.165, 1.54) is 0 Å². The van der Waals surface area contributed by atoms with E-state index < -0.39 is 29.5 Å². The summed E-state index contributed by atoms with van der Waals surface area (Å²) in [5.74, 6) is 0.246. The highest BCUT2D eigenvalue weighted by atomic mass is 32.1. The highest BCUT2D eigenvalue weighted by Gasteiger charge is 2.52. The third-order valence-electron chi connectivity index (χ3n) is 5.62. The van der Waals surface area contributed by atoms with E-state index in [0.29, 0.717) is 11.2 Å². The lowest BCUT2D eigenvalue weighted by molar-refractivity contribution is -0.321. The van der Waals surface area contributed by atoms with Crippen molar-refractivity contribution in [2.75, 3.05) is 5.73 Å². The Morgan fingerprint density at radius 3 is 2.07 bits per heavy atom. The standard InChI is InChI=1S/C18H29BN2O5S/c1-15(2,22)16(3,4)26-23-12-10-9-11(14(21-27)13(12)20)19-24-17(5,6)18(7,8)25-19/h9-10,22H,20H2,1-8H3. The molecule has 0 spiro atoms. The van der Waals surface area contributed by atoms with Gasteiger partial charge in [-0.25, -0.2) is 0 Å². The number of anilines is 1. The minimum Gasteiger partial charge on any atom is -0.399 e. The Hall–Kier alpha value is -1.26. The first-order chi connectivity index (χ1) is 12.1. The van der Waals surface area contributed by atoms with Crippen LogP contribution >= 0.6 is 0 Å². The van der Waals surface area contributed by atoms with Crippen molar-refractivity contribution >= 4 is 36.4 Å². The van der Waals surface area contributed by atoms with Crippen molar-refractivity contribution < 1.29 is 24.2 Å². The van der Waals surface area contributed by atoms with E-state index in [4.69, 9.17) is 37.2 Å². The van der Waals surface area contributed by atoms with Crippen molar-refractivity contribution in [1.29, 1.82) is 0 Å². The van der Waals surface area contributed by atoms with Crippen LogP contribution in [0.5, 0.6) is 5.75 Å². The third-order valence-corrected chi connectivity index (χ3v) is 5.80. The monoisotopic (exact) mass is 396 g/mol. The Kier molecular flexibility index (Phi) is 5.69. The highest BCUT2D eigenvalue weighted by Crippen LogP contribution is 2.39. The molecule has 2 rings (SSSR count). The van der Waals surface area contributed by atoms with Crippen LogP contribution in [-0.4, -0.2) is 34.6 Å². The fraction of sp³-hybridized carbons (Fsp3) is 0.667. The van der Waals surface area contributed by atoms with Crippen LogP contribution in [0.2, 0.25) is 0 Å². The zero-order chi connectivity index (χ0) is 20.8. The first-order valence-corrected chi connectivity index (χ1v) is 9.19. The molecule has 9 heteroatoms. The summed E-state index contributed by atoms with van der Waals surface area (Å²) < 4.78 is 16.0. The molecule has 0 bridgehead atoms. The van der Waals surface area contributed by atoms with Gasteiger partial charge in [0.25, 0.3) is 0 Å². The predicted molar refractivity (Wildman–Crippen MR) is 108 cm³/mol. The number of aliphatic hydroxyl groups is 1. The number of benzene rings is 1. The number of hydrogen-bond donors (Lipinski definition) is 2. The van der Waals surface area contributed by atoms with Gasteiger partial charge in [0.15, 0.2) is 5.75 Å². The average Bonchev–Trinajstić information content (AvgIpc) is 2.72. The summed E-state index contributed by atoms with van der Waals surface area (Å²) in [6, 6.07) is 3.37. The zero-order valence-corrected chi connectivity index (χ0v) is 18.1. The minimum atomic E-state index is -1.13. The van der Waals surface area contributed by atoms with E-state index in [1.54, 1.807) is 39.8 Å². The van der Waals surface area contributed by atoms with Gasteiger partial charge >= 0.3 is 7.12 Å². The molecule has 1 saturated heterocycles. The molecule has 1 aliphatic rings. The molecule has 1 aromatic rings. The van der Waals surface area contributed by atoms with E-state index in [0.717, 1.165) is 0 Å². The van der Waals surface area contributed by atoms with Crippen LogP contribution in [0.25, 0.3) is 0 Å². The Morgan fingerprint density at radius 2 is 1.63 bits per heavy atom. The Morgan fingerprint density at radius 1 is 1.11 bits per heavy atom. The molecule has 3 N–H and O–H groups in total. The van der Waals surface area contributed by atoms with Crippen LogP contribution in [-0.2, 0) is 26.6 Å². The summed E-state index contributed by atoms with van der Waals surface area (Å²) >= 11 is 4.92. The van der Waals surface area contributed by atoms with E-state index in [9.17, 15) is 5.11 Å². The summed E-state index contributed by atoms with van der Waals surface area (Å²) in [5.41, 5.74) is 4.26. The number of hydrogen-bond acceptors (Lipinski definition) is 8. The first kappa shape index (κ1) is 22.0. The van der Waals surface area contributed by atoms with Crippen LogP contribution in [0.3, 0.4) is 0 Å². The van der Waals surface area contributed by atoms with E-state index >= 15 is 0 Å². The molecule has 1 heterocycles. The molecule has 0 radical (unpaired) electrons. The smallest absolute Gasteiger partial charge is 0.399 e. The number of nitrogens with two attached hydrogens (primary N) is 1. The molecule has 1 fully saturated rings. The van der Waals surface area contributed by atoms with Crippen LogP contribution in [0, 0.1) is 0 Å². The molecule has 0 unspecified atom stereocenters. The van der Waals surface area contributed by atoms with Gasteiger partial charge in [0, 0.05) is 17.9 Å². The topological polar surface area (TPSA) is 95.5 Å². The van der Waals surface area contributed by atoms with Crippen molar-refractivity contribution in [3.63, 3.8) is 0 Å². The quantitative estimate of drug-likeness (QED) is 0.330. The zero-order valence-electron chi connectivity index (χ0n) is 17.2. The largest absolute Gasteiger partial charge is 0.497 e. The van der Waals surface area contributed by atoms with Crippen molar-refractivity contribution in [1.82, 2.24) is 0 Å². The Bertz CT molecular complexity index is 715. The summed E-state index contributed by atoms with van der Waals surface area (Å²) in [6.45, 7) is 14.5. The fourth-order valence-corrected chi connectivity index (χ4v) is 2.40. The molecular weight excluding hydrogens is 367 g/mol. The molecule has 0 aliphatic carbocycles. The molecular formula is C18H29BN2O5S. The van der Waals surface area contributed by atoms with Gasteiger partial charge in [0.2, 0.25) is 0 Å². The van der Waals surface area contributed by atoms with Gasteiger partial charge in [-0.2, -0.15) is 9.25 Å². The molecule has 0 amide bonds. The Labute approximate surface area is 166 Å². The van der Waals surface area contributed by atoms with Gasteiger partial charge in [-0.1, -0.05) is 6.07 Å². The maximum Gasteiger partial charge on any atom is 0.497 e. The van der Waals surface area contributed by atoms with Gasteiger partial charge in [-0.3, -0.25) is 0 Å². The van der Waals surface area contributed by atoms with Gasteiger partial charge in [-0.15, -0.1) is 0 Å². The molecule has 1 aliphatic heterocycles. The summed E-state index contributed by atoms with van der Waals surface area (Å²) in [6.07, 6.45) is 0. The lowest BCUT2D eigenvalue weighted by Gasteiger charge is -2.35. The van der Waals surface area contributed by atoms with Gasteiger partial charge < -0.3 is 25.0 Å². The number of nitrogens with zero attached hydrogens (tertiary/aromatic N) is 1. The first-order valence-electron chi connectivity index (χ1n) is 8.82. The van der Waals surface area contributed by atoms with Crippen LogP contribution in [0.1, 0.15) is 55.4 Å². The van der Waals surface area contributed by atoms with Crippen LogP contribution in [0.15, 0.2) is 16.5 Å². The summed E-state index contributed by atoms with van der Waals surface area (Å²) in [4.78, 5) is 10.8. The van der Waals surface area contributed by atoms with Crippen molar-refractivity contribution in [2.24, 2.45) is 4.36 Å². The molecule has 150 valence electrons. The van der Waals surface area contributed by atoms with Crippen molar-refractivity contribution in [2.45, 2.75) is 77.8 Å². The maximum absolute atomic E-state index is 10.2. The second kappa shape index (κ2) is 6.97. The second-order valence-corrected chi connectivity index (χ2v) is 9.01.